The van der Waals surface area contributed by atoms with E-state index in [4.69, 9.17) is 9.84 Å². The zero-order valence-corrected chi connectivity index (χ0v) is 12.8. The fourth-order valence-electron chi connectivity index (χ4n) is 2.20. The normalized spacial score (nSPS) is 17.0. The van der Waals surface area contributed by atoms with Crippen molar-refractivity contribution in [3.8, 4) is 5.75 Å². The van der Waals surface area contributed by atoms with Crippen LogP contribution in [-0.4, -0.2) is 30.1 Å². The van der Waals surface area contributed by atoms with E-state index in [-0.39, 0.29) is 18.4 Å². The molecule has 1 aliphatic heterocycles. The second-order valence-corrected chi connectivity index (χ2v) is 6.24. The van der Waals surface area contributed by atoms with Crippen LogP contribution in [0.15, 0.2) is 12.1 Å². The van der Waals surface area contributed by atoms with Crippen LogP contribution in [0.1, 0.15) is 36.5 Å². The van der Waals surface area contributed by atoms with E-state index < -0.39 is 11.4 Å². The molecular weight excluding hydrogens is 270 g/mol. The Morgan fingerprint density at radius 3 is 2.57 bits per heavy atom. The highest BCUT2D eigenvalue weighted by molar-refractivity contribution is 5.86. The van der Waals surface area contributed by atoms with Gasteiger partial charge in [-0.05, 0) is 44.9 Å². The summed E-state index contributed by atoms with van der Waals surface area (Å²) in [4.78, 5) is 23.3. The molecule has 0 saturated carbocycles. The summed E-state index contributed by atoms with van der Waals surface area (Å²) < 4.78 is 5.57. The van der Waals surface area contributed by atoms with Gasteiger partial charge in [0.05, 0.1) is 5.41 Å². The quantitative estimate of drug-likeness (QED) is 0.889. The van der Waals surface area contributed by atoms with E-state index in [2.05, 4.69) is 5.32 Å². The average molecular weight is 291 g/mol. The summed E-state index contributed by atoms with van der Waals surface area (Å²) in [5.74, 6) is -0.747. The molecule has 2 rings (SSSR count). The van der Waals surface area contributed by atoms with Gasteiger partial charge in [0.1, 0.15) is 18.3 Å². The molecule has 0 bridgehead atoms. The predicted molar refractivity (Wildman–Crippen MR) is 78.6 cm³/mol. The lowest BCUT2D eigenvalue weighted by Gasteiger charge is -2.20. The first-order valence-electron chi connectivity index (χ1n) is 6.97. The highest BCUT2D eigenvalue weighted by atomic mass is 16.5. The molecule has 1 atom stereocenters. The van der Waals surface area contributed by atoms with E-state index in [0.717, 1.165) is 22.4 Å². The lowest BCUT2D eigenvalue weighted by atomic mass is 9.92. The Balaban J connectivity index is 2.10. The van der Waals surface area contributed by atoms with Crippen LogP contribution in [0, 0.1) is 19.3 Å². The molecule has 5 heteroatoms. The molecule has 1 unspecified atom stereocenters. The van der Waals surface area contributed by atoms with E-state index in [1.807, 2.05) is 26.0 Å². The number of carboxylic acids is 1. The molecule has 5 nitrogen and oxygen atoms in total. The Hall–Kier alpha value is -2.04. The van der Waals surface area contributed by atoms with E-state index in [0.29, 0.717) is 6.61 Å². The molecule has 1 aromatic carbocycles. The van der Waals surface area contributed by atoms with Gasteiger partial charge in [0.2, 0.25) is 5.91 Å². The molecule has 0 fully saturated rings. The highest BCUT2D eigenvalue weighted by Gasteiger charge is 2.33. The second-order valence-electron chi connectivity index (χ2n) is 6.24. The van der Waals surface area contributed by atoms with Crippen LogP contribution in [0.5, 0.6) is 5.75 Å². The summed E-state index contributed by atoms with van der Waals surface area (Å²) in [5, 5.41) is 11.8. The number of nitrogens with one attached hydrogen (secondary N) is 1. The first kappa shape index (κ1) is 15.4. The average Bonchev–Trinajstić information content (AvgIpc) is 2.79. The van der Waals surface area contributed by atoms with Gasteiger partial charge in [-0.1, -0.05) is 6.07 Å². The van der Waals surface area contributed by atoms with Crippen LogP contribution in [0.3, 0.4) is 0 Å². The van der Waals surface area contributed by atoms with E-state index in [1.54, 1.807) is 13.8 Å². The summed E-state index contributed by atoms with van der Waals surface area (Å²) in [6, 6.07) is 3.92. The summed E-state index contributed by atoms with van der Waals surface area (Å²) in [6.45, 7) is 7.57. The summed E-state index contributed by atoms with van der Waals surface area (Å²) in [6.07, 6.45) is 0. The fourth-order valence-corrected chi connectivity index (χ4v) is 2.20. The summed E-state index contributed by atoms with van der Waals surface area (Å²) in [7, 11) is 0. The summed E-state index contributed by atoms with van der Waals surface area (Å²) in [5.41, 5.74) is 2.13. The van der Waals surface area contributed by atoms with E-state index in [1.165, 1.54) is 0 Å². The molecule has 21 heavy (non-hydrogen) atoms. The molecule has 114 valence electrons. The van der Waals surface area contributed by atoms with Gasteiger partial charge in [-0.3, -0.25) is 9.59 Å². The number of ether oxygens (including phenoxy) is 1. The molecule has 1 aromatic rings. The third kappa shape index (κ3) is 3.01. The molecule has 0 aromatic heterocycles. The molecule has 1 amide bonds. The number of benzene rings is 1. The molecule has 2 N–H and O–H groups in total. The second kappa shape index (κ2) is 5.39. The molecule has 0 radical (unpaired) electrons. The van der Waals surface area contributed by atoms with Crippen molar-refractivity contribution in [3.63, 3.8) is 0 Å². The van der Waals surface area contributed by atoms with Crippen LogP contribution < -0.4 is 10.1 Å². The fraction of sp³-hybridized carbons (Fsp3) is 0.500. The van der Waals surface area contributed by atoms with Gasteiger partial charge in [-0.25, -0.2) is 0 Å². The Labute approximate surface area is 124 Å². The number of fused-ring (bicyclic) bond motifs is 1. The number of aliphatic carboxylic acids is 1. The lowest BCUT2D eigenvalue weighted by Crippen LogP contribution is -2.41. The number of hydrogen-bond donors (Lipinski definition) is 2. The van der Waals surface area contributed by atoms with Crippen molar-refractivity contribution in [2.24, 2.45) is 5.41 Å². The van der Waals surface area contributed by atoms with Gasteiger partial charge in [-0.2, -0.15) is 0 Å². The first-order chi connectivity index (χ1) is 9.72. The largest absolute Gasteiger partial charge is 0.492 e. The molecule has 0 saturated heterocycles. The van der Waals surface area contributed by atoms with Crippen LogP contribution in [0.4, 0.5) is 0 Å². The van der Waals surface area contributed by atoms with Gasteiger partial charge in [0, 0.05) is 12.1 Å². The van der Waals surface area contributed by atoms with Gasteiger partial charge in [0.15, 0.2) is 0 Å². The maximum Gasteiger partial charge on any atom is 0.310 e. The minimum atomic E-state index is -0.985. The van der Waals surface area contributed by atoms with Crippen LogP contribution in [0.2, 0.25) is 0 Å². The zero-order valence-electron chi connectivity index (χ0n) is 12.8. The third-order valence-electron chi connectivity index (χ3n) is 4.01. The monoisotopic (exact) mass is 291 g/mol. The smallest absolute Gasteiger partial charge is 0.310 e. The first-order valence-corrected chi connectivity index (χ1v) is 6.97. The lowest BCUT2D eigenvalue weighted by molar-refractivity contribution is -0.146. The maximum atomic E-state index is 12.3. The van der Waals surface area contributed by atoms with E-state index >= 15 is 0 Å². The van der Waals surface area contributed by atoms with Crippen molar-refractivity contribution in [2.45, 2.75) is 33.6 Å². The highest BCUT2D eigenvalue weighted by Crippen LogP contribution is 2.36. The van der Waals surface area contributed by atoms with Crippen molar-refractivity contribution < 1.29 is 19.4 Å². The van der Waals surface area contributed by atoms with Gasteiger partial charge in [0.25, 0.3) is 0 Å². The van der Waals surface area contributed by atoms with Crippen LogP contribution in [0.25, 0.3) is 0 Å². The molecule has 1 aliphatic rings. The maximum absolute atomic E-state index is 12.3. The molecule has 1 heterocycles. The Bertz CT molecular complexity index is 592. The van der Waals surface area contributed by atoms with E-state index in [9.17, 15) is 9.59 Å². The van der Waals surface area contributed by atoms with Crippen molar-refractivity contribution in [2.75, 3.05) is 13.2 Å². The number of aryl methyl sites for hydroxylation is 2. The van der Waals surface area contributed by atoms with Gasteiger partial charge >= 0.3 is 5.97 Å². The predicted octanol–water partition coefficient (Wildman–Crippen LogP) is 2.01. The minimum absolute atomic E-state index is 0.0951. The third-order valence-corrected chi connectivity index (χ3v) is 4.01. The Morgan fingerprint density at radius 2 is 1.95 bits per heavy atom. The number of amides is 1. The standard InChI is InChI=1S/C16H21NO4/c1-9-5-11-12(7-21-13(11)6-10(9)2)14(18)17-8-16(3,4)15(19)20/h5-6,12H,7-8H2,1-4H3,(H,17,18)(H,19,20). The number of hydrogen-bond acceptors (Lipinski definition) is 3. The topological polar surface area (TPSA) is 75.6 Å². The number of carboxylic acid groups (broad SMARTS) is 1. The summed E-state index contributed by atoms with van der Waals surface area (Å²) >= 11 is 0. The number of carbonyl (C=O) groups excluding carboxylic acids is 1. The zero-order chi connectivity index (χ0) is 15.8. The van der Waals surface area contributed by atoms with Crippen molar-refractivity contribution in [3.05, 3.63) is 28.8 Å². The van der Waals surface area contributed by atoms with Crippen molar-refractivity contribution >= 4 is 11.9 Å². The Kier molecular flexibility index (Phi) is 3.94. The number of carbonyl (C=O) groups is 2. The molecule has 0 spiro atoms. The van der Waals surface area contributed by atoms with Crippen LogP contribution >= 0.6 is 0 Å². The molecular formula is C16H21NO4. The number of rotatable bonds is 4. The van der Waals surface area contributed by atoms with Gasteiger partial charge < -0.3 is 15.2 Å². The molecule has 0 aliphatic carbocycles. The SMILES string of the molecule is Cc1cc2c(cc1C)C(C(=O)NCC(C)(C)C(=O)O)CO2. The minimum Gasteiger partial charge on any atom is -0.492 e. The van der Waals surface area contributed by atoms with Gasteiger partial charge in [-0.15, -0.1) is 0 Å². The van der Waals surface area contributed by atoms with Crippen molar-refractivity contribution in [1.29, 1.82) is 0 Å². The van der Waals surface area contributed by atoms with Crippen molar-refractivity contribution in [1.82, 2.24) is 5.32 Å². The Morgan fingerprint density at radius 1 is 1.33 bits per heavy atom. The van der Waals surface area contributed by atoms with Crippen LogP contribution in [-0.2, 0) is 9.59 Å².